The van der Waals surface area contributed by atoms with Crippen molar-refractivity contribution in [3.8, 4) is 0 Å². The van der Waals surface area contributed by atoms with Gasteiger partial charge in [-0.15, -0.1) is 0 Å². The van der Waals surface area contributed by atoms with Crippen molar-refractivity contribution in [2.45, 2.75) is 368 Å². The van der Waals surface area contributed by atoms with Gasteiger partial charge in [-0.2, -0.15) is 0 Å². The molecule has 0 aliphatic carbocycles. The van der Waals surface area contributed by atoms with Crippen LogP contribution in [0.25, 0.3) is 0 Å². The van der Waals surface area contributed by atoms with Crippen LogP contribution in [0.2, 0.25) is 0 Å². The van der Waals surface area contributed by atoms with Crippen molar-refractivity contribution in [1.29, 1.82) is 0 Å². The predicted molar refractivity (Wildman–Crippen MR) is 372 cm³/mol. The Bertz CT molecular complexity index is 1880. The highest BCUT2D eigenvalue weighted by molar-refractivity contribution is 7.47. The van der Waals surface area contributed by atoms with Crippen LogP contribution in [0.5, 0.6) is 0 Å². The van der Waals surface area contributed by atoms with Gasteiger partial charge in [0.2, 0.25) is 0 Å². The van der Waals surface area contributed by atoms with Gasteiger partial charge in [0.25, 0.3) is 0 Å². The van der Waals surface area contributed by atoms with Crippen molar-refractivity contribution in [1.82, 2.24) is 0 Å². The van der Waals surface area contributed by atoms with Crippen molar-refractivity contribution < 1.29 is 80.2 Å². The fraction of sp³-hybridized carbons (Fsp3) is 0.890. The molecule has 542 valence electrons. The highest BCUT2D eigenvalue weighted by Gasteiger charge is 2.30. The molecule has 0 bridgehead atoms. The lowest BCUT2D eigenvalue weighted by atomic mass is 10.0. The van der Waals surface area contributed by atoms with Gasteiger partial charge < -0.3 is 33.8 Å². The zero-order chi connectivity index (χ0) is 67.9. The molecule has 3 N–H and O–H groups in total. The molecule has 0 saturated heterocycles. The van der Waals surface area contributed by atoms with E-state index in [0.717, 1.165) is 115 Å². The first-order chi connectivity index (χ1) is 44.4. The minimum Gasteiger partial charge on any atom is -0.462 e. The summed E-state index contributed by atoms with van der Waals surface area (Å²) in [6.07, 6.45) is 53.4. The van der Waals surface area contributed by atoms with Crippen LogP contribution in [-0.4, -0.2) is 96.7 Å². The van der Waals surface area contributed by atoms with Crippen molar-refractivity contribution in [3.05, 3.63) is 24.3 Å². The van der Waals surface area contributed by atoms with Crippen LogP contribution in [0.3, 0.4) is 0 Å². The van der Waals surface area contributed by atoms with Crippen molar-refractivity contribution in [3.63, 3.8) is 0 Å². The second-order valence-electron chi connectivity index (χ2n) is 26.6. The fourth-order valence-corrected chi connectivity index (χ4v) is 12.2. The first kappa shape index (κ1) is 89.5. The summed E-state index contributed by atoms with van der Waals surface area (Å²) in [6, 6.07) is 0. The topological polar surface area (TPSA) is 237 Å². The first-order valence-corrected chi connectivity index (χ1v) is 40.3. The SMILES string of the molecule is CCCCCC/C=C\C=C/CCCCCCCC(=O)O[C@H](COC(=O)CCCCCCCCCCCCCC(C)C)COP(=O)(O)OC[C@@H](O)COP(=O)(O)OC[C@@H](COC(=O)CCCCCCCCCCC(C)C)OC(=O)CCCCCCCCCCCCCC. The largest absolute Gasteiger partial charge is 0.472 e. The van der Waals surface area contributed by atoms with E-state index in [4.69, 9.17) is 37.0 Å². The molecule has 2 unspecified atom stereocenters. The Morgan fingerprint density at radius 1 is 0.337 bits per heavy atom. The second kappa shape index (κ2) is 64.5. The number of hydrogen-bond donors (Lipinski definition) is 3. The molecule has 0 spiro atoms. The third-order valence-electron chi connectivity index (χ3n) is 16.3. The maximum Gasteiger partial charge on any atom is 0.472 e. The van der Waals surface area contributed by atoms with Gasteiger partial charge in [0, 0.05) is 25.7 Å². The average molecular weight is 1350 g/mol. The lowest BCUT2D eigenvalue weighted by Gasteiger charge is -2.21. The van der Waals surface area contributed by atoms with E-state index in [1.165, 1.54) is 154 Å². The van der Waals surface area contributed by atoms with Gasteiger partial charge in [-0.25, -0.2) is 9.13 Å². The Hall–Kier alpha value is -2.46. The number of rotatable bonds is 70. The molecule has 0 rings (SSSR count). The molecule has 0 heterocycles. The van der Waals surface area contributed by atoms with Gasteiger partial charge in [0.15, 0.2) is 12.2 Å². The molecule has 17 nitrogen and oxygen atoms in total. The van der Waals surface area contributed by atoms with Crippen molar-refractivity contribution >= 4 is 39.5 Å². The predicted octanol–water partition coefficient (Wildman–Crippen LogP) is 20.7. The third kappa shape index (κ3) is 66.2. The molecule has 0 radical (unpaired) electrons. The molecule has 5 atom stereocenters. The molecule has 0 fully saturated rings. The summed E-state index contributed by atoms with van der Waals surface area (Å²) >= 11 is 0. The minimum atomic E-state index is -4.96. The molecule has 19 heteroatoms. The van der Waals surface area contributed by atoms with E-state index in [0.29, 0.717) is 25.7 Å². The Morgan fingerprint density at radius 3 is 0.891 bits per heavy atom. The van der Waals surface area contributed by atoms with Crippen molar-refractivity contribution in [2.75, 3.05) is 39.6 Å². The maximum absolute atomic E-state index is 13.0. The normalized spacial score (nSPS) is 14.2. The number of esters is 4. The van der Waals surface area contributed by atoms with E-state index in [2.05, 4.69) is 65.8 Å². The zero-order valence-electron chi connectivity index (χ0n) is 59.3. The summed E-state index contributed by atoms with van der Waals surface area (Å²) < 4.78 is 68.4. The zero-order valence-corrected chi connectivity index (χ0v) is 61.1. The molecule has 0 saturated carbocycles. The van der Waals surface area contributed by atoms with Crippen LogP contribution in [0.15, 0.2) is 24.3 Å². The first-order valence-electron chi connectivity index (χ1n) is 37.3. The van der Waals surface area contributed by atoms with Crippen LogP contribution in [0.4, 0.5) is 0 Å². The molecule has 0 aliphatic heterocycles. The van der Waals surface area contributed by atoms with E-state index in [1.54, 1.807) is 0 Å². The van der Waals surface area contributed by atoms with Gasteiger partial charge in [0.05, 0.1) is 26.4 Å². The van der Waals surface area contributed by atoms with Crippen molar-refractivity contribution in [2.24, 2.45) is 11.8 Å². The lowest BCUT2D eigenvalue weighted by molar-refractivity contribution is -0.161. The van der Waals surface area contributed by atoms with Crippen LogP contribution >= 0.6 is 15.6 Å². The number of aliphatic hydroxyl groups is 1. The Kier molecular flexibility index (Phi) is 62.8. The number of phosphoric ester groups is 2. The van der Waals surface area contributed by atoms with Gasteiger partial charge in [-0.3, -0.25) is 37.3 Å². The monoisotopic (exact) mass is 1350 g/mol. The van der Waals surface area contributed by atoms with E-state index in [-0.39, 0.29) is 25.7 Å². The summed E-state index contributed by atoms with van der Waals surface area (Å²) in [4.78, 5) is 72.7. The summed E-state index contributed by atoms with van der Waals surface area (Å²) in [5, 5.41) is 10.6. The summed E-state index contributed by atoms with van der Waals surface area (Å²) in [6.45, 7) is 9.47. The maximum atomic E-state index is 13.0. The number of carbonyl (C=O) groups is 4. The van der Waals surface area contributed by atoms with Crippen LogP contribution in [-0.2, 0) is 65.4 Å². The van der Waals surface area contributed by atoms with Crippen LogP contribution in [0, 0.1) is 11.8 Å². The highest BCUT2D eigenvalue weighted by atomic mass is 31.2. The number of ether oxygens (including phenoxy) is 4. The number of hydrogen-bond acceptors (Lipinski definition) is 15. The van der Waals surface area contributed by atoms with E-state index in [9.17, 15) is 43.2 Å². The lowest BCUT2D eigenvalue weighted by Crippen LogP contribution is -2.30. The Labute approximate surface area is 561 Å². The van der Waals surface area contributed by atoms with E-state index < -0.39 is 97.5 Å². The second-order valence-corrected chi connectivity index (χ2v) is 29.5. The Balaban J connectivity index is 5.30. The molecule has 0 aliphatic rings. The van der Waals surface area contributed by atoms with Gasteiger partial charge >= 0.3 is 39.5 Å². The highest BCUT2D eigenvalue weighted by Crippen LogP contribution is 2.45. The van der Waals surface area contributed by atoms with Gasteiger partial charge in [-0.05, 0) is 63.2 Å². The van der Waals surface area contributed by atoms with Crippen LogP contribution in [0.1, 0.15) is 350 Å². The summed E-state index contributed by atoms with van der Waals surface area (Å²) in [5.41, 5.74) is 0. The van der Waals surface area contributed by atoms with E-state index in [1.807, 2.05) is 0 Å². The molecule has 92 heavy (non-hydrogen) atoms. The Morgan fingerprint density at radius 2 is 0.587 bits per heavy atom. The molecular weight excluding hydrogens is 1210 g/mol. The quantitative estimate of drug-likeness (QED) is 0.0169. The number of unbranched alkanes of at least 4 members (excludes halogenated alkanes) is 37. The average Bonchev–Trinajstić information content (AvgIpc) is 1.71. The molecule has 0 aromatic rings. The number of allylic oxidation sites excluding steroid dienone is 4. The van der Waals surface area contributed by atoms with Gasteiger partial charge in [-0.1, -0.05) is 297 Å². The molecule has 0 amide bonds. The summed E-state index contributed by atoms with van der Waals surface area (Å²) in [7, 11) is -9.92. The van der Waals surface area contributed by atoms with Crippen LogP contribution < -0.4 is 0 Å². The fourth-order valence-electron chi connectivity index (χ4n) is 10.6. The number of carbonyl (C=O) groups excluding carboxylic acids is 4. The molecular formula is C73H138O17P2. The molecule has 0 aromatic heterocycles. The standard InChI is InChI=1S/C73H138O17P2/c1-7-9-11-13-15-17-19-21-22-23-27-32-40-46-52-58-73(78)89-68(61-83-70(75)55-49-43-37-30-28-24-25-29-35-41-47-53-65(3)4)63-87-91(79,80)85-59-67(74)60-86-92(81,82)88-64-69(62-84-71(76)56-50-44-38-34-33-36-42-48-54-66(5)6)90-72(77)57-51-45-39-31-26-20-18-16-14-12-10-8-2/h17,19,21-22,65-69,74H,7-16,18,20,23-64H2,1-6H3,(H,79,80)(H,81,82)/b19-17-,22-21-/t67-,68-,69-/m1/s1. The number of aliphatic hydroxyl groups excluding tert-OH is 1. The smallest absolute Gasteiger partial charge is 0.462 e. The number of phosphoric acid groups is 2. The third-order valence-corrected chi connectivity index (χ3v) is 18.2. The minimum absolute atomic E-state index is 0.0848. The summed E-state index contributed by atoms with van der Waals surface area (Å²) in [5.74, 6) is -0.656. The van der Waals surface area contributed by atoms with E-state index >= 15 is 0 Å². The molecule has 0 aromatic carbocycles. The van der Waals surface area contributed by atoms with Gasteiger partial charge in [0.1, 0.15) is 19.3 Å².